The lowest BCUT2D eigenvalue weighted by Crippen LogP contribution is -2.22. The number of ether oxygens (including phenoxy) is 1. The summed E-state index contributed by atoms with van der Waals surface area (Å²) in [6.07, 6.45) is -0.299. The van der Waals surface area contributed by atoms with Crippen molar-refractivity contribution in [2.75, 3.05) is 13.7 Å². The van der Waals surface area contributed by atoms with Gasteiger partial charge >= 0.3 is 0 Å². The molecule has 0 saturated carbocycles. The standard InChI is InChI=1S/C10H15NO3/c1-14-9-4-2-3-7(10(9)13)5-8(12)6-11/h2-4,8,12-13H,5-6,11H2,1H3. The summed E-state index contributed by atoms with van der Waals surface area (Å²) in [6.45, 7) is 0.177. The SMILES string of the molecule is COc1cccc(CC(O)CN)c1O. The molecular weight excluding hydrogens is 182 g/mol. The molecule has 0 bridgehead atoms. The zero-order valence-corrected chi connectivity index (χ0v) is 8.10. The predicted molar refractivity (Wildman–Crippen MR) is 53.4 cm³/mol. The number of methoxy groups -OCH3 is 1. The third-order valence-corrected chi connectivity index (χ3v) is 2.03. The topological polar surface area (TPSA) is 75.7 Å². The van der Waals surface area contributed by atoms with E-state index in [1.54, 1.807) is 18.2 Å². The molecule has 0 spiro atoms. The molecule has 1 rings (SSSR count). The average Bonchev–Trinajstić information content (AvgIpc) is 2.21. The van der Waals surface area contributed by atoms with Gasteiger partial charge in [0, 0.05) is 18.5 Å². The first-order valence-corrected chi connectivity index (χ1v) is 4.42. The number of phenolic OH excluding ortho intramolecular Hbond substituents is 1. The van der Waals surface area contributed by atoms with E-state index in [1.165, 1.54) is 7.11 Å². The molecule has 0 amide bonds. The second-order valence-corrected chi connectivity index (χ2v) is 3.06. The van der Waals surface area contributed by atoms with Crippen LogP contribution in [0.4, 0.5) is 0 Å². The molecule has 0 aliphatic carbocycles. The maximum Gasteiger partial charge on any atom is 0.161 e. The van der Waals surface area contributed by atoms with Crippen LogP contribution in [0.5, 0.6) is 11.5 Å². The fraction of sp³-hybridized carbons (Fsp3) is 0.400. The summed E-state index contributed by atoms with van der Waals surface area (Å²) in [5, 5.41) is 19.0. The minimum Gasteiger partial charge on any atom is -0.504 e. The van der Waals surface area contributed by atoms with E-state index in [0.29, 0.717) is 17.7 Å². The maximum absolute atomic E-state index is 9.66. The Hall–Kier alpha value is -1.26. The summed E-state index contributed by atoms with van der Waals surface area (Å²) in [5.41, 5.74) is 5.92. The number of aromatic hydroxyl groups is 1. The molecule has 4 nitrogen and oxygen atoms in total. The van der Waals surface area contributed by atoms with Gasteiger partial charge in [0.25, 0.3) is 0 Å². The van der Waals surface area contributed by atoms with Crippen molar-refractivity contribution in [2.45, 2.75) is 12.5 Å². The molecule has 78 valence electrons. The van der Waals surface area contributed by atoms with Crippen molar-refractivity contribution in [3.8, 4) is 11.5 Å². The Morgan fingerprint density at radius 1 is 1.50 bits per heavy atom. The fourth-order valence-electron chi connectivity index (χ4n) is 1.23. The monoisotopic (exact) mass is 197 g/mol. The second kappa shape index (κ2) is 4.83. The minimum absolute atomic E-state index is 0.0718. The maximum atomic E-state index is 9.66. The lowest BCUT2D eigenvalue weighted by Gasteiger charge is -2.11. The van der Waals surface area contributed by atoms with E-state index in [1.807, 2.05) is 0 Å². The van der Waals surface area contributed by atoms with Gasteiger partial charge in [0.05, 0.1) is 13.2 Å². The number of rotatable bonds is 4. The molecule has 4 heteroatoms. The van der Waals surface area contributed by atoms with Crippen LogP contribution >= 0.6 is 0 Å². The van der Waals surface area contributed by atoms with E-state index in [9.17, 15) is 10.2 Å². The smallest absolute Gasteiger partial charge is 0.161 e. The van der Waals surface area contributed by atoms with Gasteiger partial charge < -0.3 is 20.7 Å². The highest BCUT2D eigenvalue weighted by Gasteiger charge is 2.10. The van der Waals surface area contributed by atoms with Gasteiger partial charge in [-0.05, 0) is 6.07 Å². The van der Waals surface area contributed by atoms with E-state index < -0.39 is 6.10 Å². The van der Waals surface area contributed by atoms with Crippen LogP contribution in [-0.2, 0) is 6.42 Å². The van der Waals surface area contributed by atoms with Crippen LogP contribution in [0.15, 0.2) is 18.2 Å². The van der Waals surface area contributed by atoms with Crippen LogP contribution in [0, 0.1) is 0 Å². The van der Waals surface area contributed by atoms with Crippen LogP contribution in [0.3, 0.4) is 0 Å². The zero-order chi connectivity index (χ0) is 10.6. The Labute approximate surface area is 82.9 Å². The lowest BCUT2D eigenvalue weighted by atomic mass is 10.1. The highest BCUT2D eigenvalue weighted by molar-refractivity contribution is 5.45. The number of aliphatic hydroxyl groups excluding tert-OH is 1. The molecular formula is C10H15NO3. The summed E-state index contributed by atoms with van der Waals surface area (Å²) in [6, 6.07) is 5.15. The molecule has 1 atom stereocenters. The predicted octanol–water partition coefficient (Wildman–Crippen LogP) is 0.263. The third-order valence-electron chi connectivity index (χ3n) is 2.03. The van der Waals surface area contributed by atoms with Gasteiger partial charge in [0.2, 0.25) is 0 Å². The average molecular weight is 197 g/mol. The van der Waals surface area contributed by atoms with Crippen molar-refractivity contribution in [1.29, 1.82) is 0 Å². The van der Waals surface area contributed by atoms with Crippen molar-refractivity contribution in [1.82, 2.24) is 0 Å². The van der Waals surface area contributed by atoms with E-state index in [0.717, 1.165) is 0 Å². The highest BCUT2D eigenvalue weighted by atomic mass is 16.5. The van der Waals surface area contributed by atoms with Gasteiger partial charge in [-0.1, -0.05) is 12.1 Å². The van der Waals surface area contributed by atoms with Crippen LogP contribution in [0.2, 0.25) is 0 Å². The Balaban J connectivity index is 2.86. The molecule has 0 radical (unpaired) electrons. The molecule has 1 unspecified atom stereocenters. The molecule has 0 heterocycles. The van der Waals surface area contributed by atoms with Gasteiger partial charge in [-0.2, -0.15) is 0 Å². The molecule has 0 aliphatic rings. The van der Waals surface area contributed by atoms with Crippen molar-refractivity contribution in [3.63, 3.8) is 0 Å². The fourth-order valence-corrected chi connectivity index (χ4v) is 1.23. The number of aliphatic hydroxyl groups is 1. The van der Waals surface area contributed by atoms with Gasteiger partial charge in [-0.15, -0.1) is 0 Å². The molecule has 1 aromatic rings. The van der Waals surface area contributed by atoms with Crippen molar-refractivity contribution in [3.05, 3.63) is 23.8 Å². The van der Waals surface area contributed by atoms with Crippen LogP contribution in [0.25, 0.3) is 0 Å². The second-order valence-electron chi connectivity index (χ2n) is 3.06. The first kappa shape index (κ1) is 10.8. The number of hydrogen-bond acceptors (Lipinski definition) is 4. The number of nitrogens with two attached hydrogens (primary N) is 1. The molecule has 14 heavy (non-hydrogen) atoms. The summed E-state index contributed by atoms with van der Waals surface area (Å²) < 4.78 is 4.94. The van der Waals surface area contributed by atoms with E-state index in [2.05, 4.69) is 0 Å². The Morgan fingerprint density at radius 2 is 2.21 bits per heavy atom. The van der Waals surface area contributed by atoms with Gasteiger partial charge in [-0.3, -0.25) is 0 Å². The Morgan fingerprint density at radius 3 is 2.79 bits per heavy atom. The van der Waals surface area contributed by atoms with Crippen molar-refractivity contribution in [2.24, 2.45) is 5.73 Å². The van der Waals surface area contributed by atoms with E-state index >= 15 is 0 Å². The highest BCUT2D eigenvalue weighted by Crippen LogP contribution is 2.29. The summed E-state index contributed by atoms with van der Waals surface area (Å²) in [4.78, 5) is 0. The summed E-state index contributed by atoms with van der Waals surface area (Å²) in [7, 11) is 1.48. The van der Waals surface area contributed by atoms with E-state index in [-0.39, 0.29) is 12.3 Å². The van der Waals surface area contributed by atoms with Crippen LogP contribution < -0.4 is 10.5 Å². The largest absolute Gasteiger partial charge is 0.504 e. The molecule has 0 saturated heterocycles. The van der Waals surface area contributed by atoms with Gasteiger partial charge in [0.15, 0.2) is 11.5 Å². The normalized spacial score (nSPS) is 12.5. The van der Waals surface area contributed by atoms with Crippen LogP contribution in [-0.4, -0.2) is 30.0 Å². The quantitative estimate of drug-likeness (QED) is 0.647. The number of hydrogen-bond donors (Lipinski definition) is 3. The molecule has 1 aromatic carbocycles. The number of phenols is 1. The molecule has 0 fully saturated rings. The van der Waals surface area contributed by atoms with Gasteiger partial charge in [0.1, 0.15) is 0 Å². The third kappa shape index (κ3) is 2.37. The van der Waals surface area contributed by atoms with Gasteiger partial charge in [-0.25, -0.2) is 0 Å². The summed E-state index contributed by atoms with van der Waals surface area (Å²) >= 11 is 0. The van der Waals surface area contributed by atoms with Crippen LogP contribution in [0.1, 0.15) is 5.56 Å². The zero-order valence-electron chi connectivity index (χ0n) is 8.10. The molecule has 4 N–H and O–H groups in total. The minimum atomic E-state index is -0.631. The molecule has 0 aromatic heterocycles. The first-order valence-electron chi connectivity index (χ1n) is 4.42. The van der Waals surface area contributed by atoms with Crippen molar-refractivity contribution < 1.29 is 14.9 Å². The number of para-hydroxylation sites is 1. The molecule has 0 aliphatic heterocycles. The van der Waals surface area contributed by atoms with Crippen molar-refractivity contribution >= 4 is 0 Å². The van der Waals surface area contributed by atoms with E-state index in [4.69, 9.17) is 10.5 Å². The summed E-state index contributed by atoms with van der Waals surface area (Å²) in [5.74, 6) is 0.481. The number of benzene rings is 1. The Bertz CT molecular complexity index is 301. The lowest BCUT2D eigenvalue weighted by molar-refractivity contribution is 0.182. The first-order chi connectivity index (χ1) is 6.69. The Kier molecular flexibility index (Phi) is 3.73.